The van der Waals surface area contributed by atoms with Gasteiger partial charge < -0.3 is 14.8 Å². The molecule has 0 bridgehead atoms. The highest BCUT2D eigenvalue weighted by Gasteiger charge is 2.18. The number of aromatic nitrogens is 2. The number of nitrogens with one attached hydrogen (secondary N) is 1. The van der Waals surface area contributed by atoms with Gasteiger partial charge in [0.2, 0.25) is 5.91 Å². The maximum atomic E-state index is 12.5. The van der Waals surface area contributed by atoms with Crippen LogP contribution in [0.2, 0.25) is 0 Å². The van der Waals surface area contributed by atoms with Gasteiger partial charge in [-0.3, -0.25) is 9.20 Å². The van der Waals surface area contributed by atoms with Gasteiger partial charge in [-0.1, -0.05) is 19.3 Å². The molecule has 4 rings (SSSR count). The number of amides is 1. The highest BCUT2D eigenvalue weighted by Crippen LogP contribution is 2.34. The second-order valence-electron chi connectivity index (χ2n) is 7.15. The van der Waals surface area contributed by atoms with E-state index in [9.17, 15) is 4.79 Å². The molecule has 0 atom stereocenters. The van der Waals surface area contributed by atoms with E-state index in [1.165, 1.54) is 19.3 Å². The minimum absolute atomic E-state index is 0.0841. The third-order valence-electron chi connectivity index (χ3n) is 5.28. The number of ether oxygens (including phenoxy) is 2. The molecule has 7 heteroatoms. The zero-order chi connectivity index (χ0) is 19.5. The van der Waals surface area contributed by atoms with E-state index in [0.29, 0.717) is 12.5 Å². The molecule has 2 heterocycles. The molecule has 1 amide bonds. The zero-order valence-corrected chi connectivity index (χ0v) is 17.1. The summed E-state index contributed by atoms with van der Waals surface area (Å²) in [6.45, 7) is 0. The topological polar surface area (TPSA) is 64.9 Å². The quantitative estimate of drug-likeness (QED) is 0.679. The Morgan fingerprint density at radius 1 is 1.25 bits per heavy atom. The molecule has 1 aliphatic carbocycles. The van der Waals surface area contributed by atoms with E-state index in [0.717, 1.165) is 46.3 Å². The summed E-state index contributed by atoms with van der Waals surface area (Å²) in [4.78, 5) is 18.1. The summed E-state index contributed by atoms with van der Waals surface area (Å²) in [5, 5.41) is 5.20. The van der Waals surface area contributed by atoms with Crippen molar-refractivity contribution >= 4 is 22.2 Å². The first-order chi connectivity index (χ1) is 13.7. The molecule has 28 heavy (non-hydrogen) atoms. The predicted molar refractivity (Wildman–Crippen MR) is 110 cm³/mol. The van der Waals surface area contributed by atoms with Crippen LogP contribution in [0.15, 0.2) is 29.8 Å². The van der Waals surface area contributed by atoms with E-state index >= 15 is 0 Å². The number of rotatable bonds is 6. The molecule has 1 saturated carbocycles. The van der Waals surface area contributed by atoms with Crippen LogP contribution in [0.25, 0.3) is 16.2 Å². The van der Waals surface area contributed by atoms with Crippen LogP contribution in [0.3, 0.4) is 0 Å². The Labute approximate surface area is 168 Å². The summed E-state index contributed by atoms with van der Waals surface area (Å²) >= 11 is 1.54. The van der Waals surface area contributed by atoms with Gasteiger partial charge in [-0.05, 0) is 31.0 Å². The van der Waals surface area contributed by atoms with Gasteiger partial charge in [-0.15, -0.1) is 11.3 Å². The number of carbonyl (C=O) groups is 1. The Balaban J connectivity index is 1.56. The Morgan fingerprint density at radius 3 is 2.82 bits per heavy atom. The van der Waals surface area contributed by atoms with Gasteiger partial charge in [0.1, 0.15) is 11.5 Å². The SMILES string of the molecule is COc1ccc(OC)c(-c2cn3c(CC(=O)NC4CCCCC4)csc3n2)c1. The van der Waals surface area contributed by atoms with Crippen LogP contribution in [-0.2, 0) is 11.2 Å². The number of hydrogen-bond acceptors (Lipinski definition) is 5. The van der Waals surface area contributed by atoms with E-state index in [-0.39, 0.29) is 5.91 Å². The molecule has 1 fully saturated rings. The molecule has 0 radical (unpaired) electrons. The fraction of sp³-hybridized carbons (Fsp3) is 0.429. The Kier molecular flexibility index (Phi) is 5.52. The first-order valence-corrected chi connectivity index (χ1v) is 10.5. The van der Waals surface area contributed by atoms with Crippen molar-refractivity contribution in [3.63, 3.8) is 0 Å². The van der Waals surface area contributed by atoms with Crippen LogP contribution < -0.4 is 14.8 Å². The lowest BCUT2D eigenvalue weighted by Crippen LogP contribution is -2.37. The van der Waals surface area contributed by atoms with Crippen LogP contribution in [-0.4, -0.2) is 35.6 Å². The Bertz CT molecular complexity index is 973. The van der Waals surface area contributed by atoms with Gasteiger partial charge in [0.05, 0.1) is 26.3 Å². The van der Waals surface area contributed by atoms with Gasteiger partial charge in [-0.25, -0.2) is 4.98 Å². The first-order valence-electron chi connectivity index (χ1n) is 9.65. The fourth-order valence-electron chi connectivity index (χ4n) is 3.79. The maximum absolute atomic E-state index is 12.5. The first kappa shape index (κ1) is 18.8. The second kappa shape index (κ2) is 8.22. The molecule has 0 unspecified atom stereocenters. The lowest BCUT2D eigenvalue weighted by atomic mass is 9.95. The van der Waals surface area contributed by atoms with Crippen LogP contribution in [0.5, 0.6) is 11.5 Å². The summed E-state index contributed by atoms with van der Waals surface area (Å²) < 4.78 is 12.8. The van der Waals surface area contributed by atoms with E-state index in [1.807, 2.05) is 34.2 Å². The van der Waals surface area contributed by atoms with Gasteiger partial charge >= 0.3 is 0 Å². The van der Waals surface area contributed by atoms with Gasteiger partial charge in [0, 0.05) is 28.9 Å². The van der Waals surface area contributed by atoms with Crippen molar-refractivity contribution in [3.8, 4) is 22.8 Å². The largest absolute Gasteiger partial charge is 0.497 e. The standard InChI is InChI=1S/C21H25N3O3S/c1-26-16-8-9-19(27-2)17(11-16)18-12-24-15(13-28-21(24)23-18)10-20(25)22-14-6-4-3-5-7-14/h8-9,11-14H,3-7,10H2,1-2H3,(H,22,25). The average molecular weight is 400 g/mol. The van der Waals surface area contributed by atoms with E-state index in [2.05, 4.69) is 5.32 Å². The summed E-state index contributed by atoms with van der Waals surface area (Å²) in [6.07, 6.45) is 8.21. The molecule has 148 valence electrons. The van der Waals surface area contributed by atoms with Gasteiger partial charge in [0.25, 0.3) is 0 Å². The summed E-state index contributed by atoms with van der Waals surface area (Å²) in [6, 6.07) is 5.98. The third-order valence-corrected chi connectivity index (χ3v) is 6.17. The molecular weight excluding hydrogens is 374 g/mol. The van der Waals surface area contributed by atoms with Crippen LogP contribution >= 0.6 is 11.3 Å². The van der Waals surface area contributed by atoms with Gasteiger partial charge in [0.15, 0.2) is 4.96 Å². The number of methoxy groups -OCH3 is 2. The van der Waals surface area contributed by atoms with Crippen molar-refractivity contribution in [1.82, 2.24) is 14.7 Å². The van der Waals surface area contributed by atoms with Crippen molar-refractivity contribution in [2.24, 2.45) is 0 Å². The molecule has 1 aliphatic rings. The number of thiazole rings is 1. The lowest BCUT2D eigenvalue weighted by molar-refractivity contribution is -0.121. The minimum Gasteiger partial charge on any atom is -0.497 e. The van der Waals surface area contributed by atoms with Crippen LogP contribution in [0, 0.1) is 0 Å². The smallest absolute Gasteiger partial charge is 0.226 e. The van der Waals surface area contributed by atoms with E-state index in [1.54, 1.807) is 25.6 Å². The maximum Gasteiger partial charge on any atom is 0.226 e. The summed E-state index contributed by atoms with van der Waals surface area (Å²) in [5.41, 5.74) is 2.63. The number of carbonyl (C=O) groups excluding carboxylic acids is 1. The number of imidazole rings is 1. The second-order valence-corrected chi connectivity index (χ2v) is 7.99. The molecule has 3 aromatic rings. The average Bonchev–Trinajstić information content (AvgIpc) is 3.30. The highest BCUT2D eigenvalue weighted by molar-refractivity contribution is 7.15. The third kappa shape index (κ3) is 3.85. The number of benzene rings is 1. The van der Waals surface area contributed by atoms with Crippen molar-refractivity contribution in [2.75, 3.05) is 14.2 Å². The monoisotopic (exact) mass is 399 g/mol. The van der Waals surface area contributed by atoms with Crippen molar-refractivity contribution in [1.29, 1.82) is 0 Å². The summed E-state index contributed by atoms with van der Waals surface area (Å²) in [5.74, 6) is 1.57. The zero-order valence-electron chi connectivity index (χ0n) is 16.2. The van der Waals surface area contributed by atoms with Gasteiger partial charge in [-0.2, -0.15) is 0 Å². The van der Waals surface area contributed by atoms with Crippen molar-refractivity contribution in [3.05, 3.63) is 35.5 Å². The van der Waals surface area contributed by atoms with Crippen molar-refractivity contribution < 1.29 is 14.3 Å². The number of fused-ring (bicyclic) bond motifs is 1. The van der Waals surface area contributed by atoms with E-state index < -0.39 is 0 Å². The normalized spacial score (nSPS) is 14.9. The fourth-order valence-corrected chi connectivity index (χ4v) is 4.66. The predicted octanol–water partition coefficient (Wildman–Crippen LogP) is 4.07. The minimum atomic E-state index is 0.0841. The molecule has 6 nitrogen and oxygen atoms in total. The Morgan fingerprint density at radius 2 is 2.07 bits per heavy atom. The highest BCUT2D eigenvalue weighted by atomic mass is 32.1. The summed E-state index contributed by atoms with van der Waals surface area (Å²) in [7, 11) is 3.28. The number of nitrogens with zero attached hydrogens (tertiary/aromatic N) is 2. The number of hydrogen-bond donors (Lipinski definition) is 1. The molecule has 0 spiro atoms. The molecule has 0 aliphatic heterocycles. The molecule has 1 N–H and O–H groups in total. The molecule has 1 aromatic carbocycles. The van der Waals surface area contributed by atoms with Crippen molar-refractivity contribution in [2.45, 2.75) is 44.6 Å². The molecule has 0 saturated heterocycles. The lowest BCUT2D eigenvalue weighted by Gasteiger charge is -2.22. The Hall–Kier alpha value is -2.54. The van der Waals surface area contributed by atoms with Crippen LogP contribution in [0.4, 0.5) is 0 Å². The van der Waals surface area contributed by atoms with Crippen LogP contribution in [0.1, 0.15) is 37.8 Å². The molecular formula is C21H25N3O3S. The van der Waals surface area contributed by atoms with E-state index in [4.69, 9.17) is 14.5 Å². The molecule has 2 aromatic heterocycles.